The van der Waals surface area contributed by atoms with Gasteiger partial charge in [0, 0.05) is 5.39 Å². The first kappa shape index (κ1) is 14.2. The smallest absolute Gasteiger partial charge is 0.382 e. The highest BCUT2D eigenvalue weighted by Gasteiger charge is 2.30. The summed E-state index contributed by atoms with van der Waals surface area (Å²) >= 11 is 0. The fourth-order valence-electron chi connectivity index (χ4n) is 1.45. The van der Waals surface area contributed by atoms with E-state index in [1.54, 1.807) is 0 Å². The van der Waals surface area contributed by atoms with Gasteiger partial charge in [-0.25, -0.2) is 4.98 Å². The second kappa shape index (κ2) is 4.81. The number of fused-ring (bicyclic) bond motifs is 1. The molecular weight excluding hydrogens is 267 g/mol. The van der Waals surface area contributed by atoms with Crippen molar-refractivity contribution in [3.05, 3.63) is 41.6 Å². The van der Waals surface area contributed by atoms with Crippen molar-refractivity contribution >= 4 is 29.1 Å². The predicted molar refractivity (Wildman–Crippen MR) is 65.0 cm³/mol. The van der Waals surface area contributed by atoms with Gasteiger partial charge in [-0.15, -0.1) is 12.4 Å². The Morgan fingerprint density at radius 2 is 1.83 bits per heavy atom. The summed E-state index contributed by atoms with van der Waals surface area (Å²) in [5, 5.41) is 7.55. The van der Waals surface area contributed by atoms with E-state index in [-0.39, 0.29) is 23.9 Å². The Labute approximate surface area is 107 Å². The molecule has 96 valence electrons. The monoisotopic (exact) mass is 275 g/mol. The van der Waals surface area contributed by atoms with Crippen LogP contribution in [-0.4, -0.2) is 10.8 Å². The number of benzene rings is 1. The summed E-state index contributed by atoms with van der Waals surface area (Å²) < 4.78 is 37.3. The van der Waals surface area contributed by atoms with Crippen LogP contribution in [0.15, 0.2) is 30.3 Å². The van der Waals surface area contributed by atoms with Crippen LogP contribution in [0.4, 0.5) is 13.2 Å². The third-order valence-electron chi connectivity index (χ3n) is 2.29. The SMILES string of the molecule is Cl.N=C(N)c1ccc2cc(C(F)(F)F)ccc2n1. The number of amidine groups is 1. The minimum absolute atomic E-state index is 0. The van der Waals surface area contributed by atoms with E-state index in [4.69, 9.17) is 11.1 Å². The highest BCUT2D eigenvalue weighted by atomic mass is 35.5. The molecule has 0 spiro atoms. The number of alkyl halides is 3. The van der Waals surface area contributed by atoms with Crippen molar-refractivity contribution in [1.29, 1.82) is 5.41 Å². The molecule has 18 heavy (non-hydrogen) atoms. The van der Waals surface area contributed by atoms with E-state index < -0.39 is 11.7 Å². The standard InChI is InChI=1S/C11H8F3N3.ClH/c12-11(13,14)7-2-4-8-6(5-7)1-3-9(17-8)10(15)16;/h1-5H,(H3,15,16);1H. The average molecular weight is 276 g/mol. The zero-order valence-electron chi connectivity index (χ0n) is 8.95. The zero-order valence-corrected chi connectivity index (χ0v) is 9.77. The quantitative estimate of drug-likeness (QED) is 0.621. The maximum atomic E-state index is 12.4. The van der Waals surface area contributed by atoms with E-state index in [2.05, 4.69) is 4.98 Å². The molecule has 1 heterocycles. The first-order valence-corrected chi connectivity index (χ1v) is 4.70. The molecule has 0 unspecified atom stereocenters. The van der Waals surface area contributed by atoms with Crippen molar-refractivity contribution in [2.75, 3.05) is 0 Å². The number of pyridine rings is 1. The predicted octanol–water partition coefficient (Wildman–Crippen LogP) is 2.96. The summed E-state index contributed by atoms with van der Waals surface area (Å²) in [5.41, 5.74) is 5.15. The highest BCUT2D eigenvalue weighted by Crippen LogP contribution is 2.30. The Morgan fingerprint density at radius 3 is 2.39 bits per heavy atom. The van der Waals surface area contributed by atoms with Crippen molar-refractivity contribution in [2.24, 2.45) is 5.73 Å². The van der Waals surface area contributed by atoms with Crippen LogP contribution < -0.4 is 5.73 Å². The average Bonchev–Trinajstić information content (AvgIpc) is 2.26. The van der Waals surface area contributed by atoms with E-state index in [0.29, 0.717) is 10.9 Å². The molecule has 1 aromatic heterocycles. The van der Waals surface area contributed by atoms with Gasteiger partial charge in [0.05, 0.1) is 11.1 Å². The Bertz CT molecular complexity index is 596. The summed E-state index contributed by atoms with van der Waals surface area (Å²) in [4.78, 5) is 3.98. The van der Waals surface area contributed by atoms with Crippen molar-refractivity contribution in [3.8, 4) is 0 Å². The summed E-state index contributed by atoms with van der Waals surface area (Å²) in [6.45, 7) is 0. The topological polar surface area (TPSA) is 62.8 Å². The van der Waals surface area contributed by atoms with Gasteiger partial charge in [0.2, 0.25) is 0 Å². The van der Waals surface area contributed by atoms with E-state index >= 15 is 0 Å². The normalized spacial score (nSPS) is 11.1. The fourth-order valence-corrected chi connectivity index (χ4v) is 1.45. The van der Waals surface area contributed by atoms with Gasteiger partial charge in [-0.05, 0) is 24.3 Å². The van der Waals surface area contributed by atoms with E-state index in [1.807, 2.05) is 0 Å². The third kappa shape index (κ3) is 2.70. The molecule has 2 aromatic rings. The molecule has 3 nitrogen and oxygen atoms in total. The van der Waals surface area contributed by atoms with Crippen molar-refractivity contribution in [3.63, 3.8) is 0 Å². The van der Waals surface area contributed by atoms with Crippen LogP contribution in [0.25, 0.3) is 10.9 Å². The van der Waals surface area contributed by atoms with Gasteiger partial charge in [-0.2, -0.15) is 13.2 Å². The summed E-state index contributed by atoms with van der Waals surface area (Å²) in [7, 11) is 0. The Balaban J connectivity index is 0.00000162. The van der Waals surface area contributed by atoms with Crippen LogP contribution in [0.1, 0.15) is 11.3 Å². The molecule has 0 amide bonds. The van der Waals surface area contributed by atoms with Gasteiger partial charge in [-0.1, -0.05) is 6.07 Å². The molecule has 2 rings (SSSR count). The van der Waals surface area contributed by atoms with Crippen LogP contribution in [-0.2, 0) is 6.18 Å². The molecule has 7 heteroatoms. The maximum Gasteiger partial charge on any atom is 0.416 e. The number of nitrogens with one attached hydrogen (secondary N) is 1. The molecule has 0 atom stereocenters. The number of nitrogen functional groups attached to an aromatic ring is 1. The number of nitrogens with two attached hydrogens (primary N) is 1. The summed E-state index contributed by atoms with van der Waals surface area (Å²) in [6.07, 6.45) is -4.37. The first-order chi connectivity index (χ1) is 7.88. The molecule has 0 aliphatic carbocycles. The van der Waals surface area contributed by atoms with Gasteiger partial charge in [-0.3, -0.25) is 5.41 Å². The zero-order chi connectivity index (χ0) is 12.6. The molecule has 0 saturated heterocycles. The number of hydrogen-bond acceptors (Lipinski definition) is 2. The van der Waals surface area contributed by atoms with Crippen LogP contribution >= 0.6 is 12.4 Å². The lowest BCUT2D eigenvalue weighted by atomic mass is 10.1. The van der Waals surface area contributed by atoms with Gasteiger partial charge < -0.3 is 5.73 Å². The lowest BCUT2D eigenvalue weighted by Gasteiger charge is -2.07. The Morgan fingerprint density at radius 1 is 1.17 bits per heavy atom. The van der Waals surface area contributed by atoms with E-state index in [9.17, 15) is 13.2 Å². The largest absolute Gasteiger partial charge is 0.416 e. The number of nitrogens with zero attached hydrogens (tertiary/aromatic N) is 1. The molecule has 0 saturated carbocycles. The number of halogens is 4. The second-order valence-corrected chi connectivity index (χ2v) is 3.52. The second-order valence-electron chi connectivity index (χ2n) is 3.52. The molecule has 1 aromatic carbocycles. The highest BCUT2D eigenvalue weighted by molar-refractivity contribution is 5.95. The van der Waals surface area contributed by atoms with Crippen molar-refractivity contribution in [2.45, 2.75) is 6.18 Å². The number of aromatic nitrogens is 1. The molecule has 0 bridgehead atoms. The lowest BCUT2D eigenvalue weighted by Crippen LogP contribution is -2.13. The van der Waals surface area contributed by atoms with Crippen LogP contribution in [0, 0.1) is 5.41 Å². The van der Waals surface area contributed by atoms with Gasteiger partial charge >= 0.3 is 6.18 Å². The van der Waals surface area contributed by atoms with Gasteiger partial charge in [0.15, 0.2) is 0 Å². The first-order valence-electron chi connectivity index (χ1n) is 4.70. The minimum Gasteiger partial charge on any atom is -0.382 e. The van der Waals surface area contributed by atoms with Crippen LogP contribution in [0.5, 0.6) is 0 Å². The van der Waals surface area contributed by atoms with Crippen LogP contribution in [0.3, 0.4) is 0 Å². The molecule has 3 N–H and O–H groups in total. The Hall–Kier alpha value is -1.82. The van der Waals surface area contributed by atoms with Crippen molar-refractivity contribution < 1.29 is 13.2 Å². The molecule has 0 aliphatic heterocycles. The van der Waals surface area contributed by atoms with Gasteiger partial charge in [0.1, 0.15) is 11.5 Å². The molecule has 0 aliphatic rings. The van der Waals surface area contributed by atoms with Gasteiger partial charge in [0.25, 0.3) is 0 Å². The number of hydrogen-bond donors (Lipinski definition) is 2. The molecule has 0 fully saturated rings. The number of rotatable bonds is 1. The van der Waals surface area contributed by atoms with E-state index in [1.165, 1.54) is 18.2 Å². The van der Waals surface area contributed by atoms with E-state index in [0.717, 1.165) is 12.1 Å². The minimum atomic E-state index is -4.37. The summed E-state index contributed by atoms with van der Waals surface area (Å²) in [5.74, 6) is -0.216. The fraction of sp³-hybridized carbons (Fsp3) is 0.0909. The summed E-state index contributed by atoms with van der Waals surface area (Å²) in [6, 6.07) is 6.13. The molecular formula is C11H9ClF3N3. The third-order valence-corrected chi connectivity index (χ3v) is 2.29. The maximum absolute atomic E-state index is 12.4. The molecule has 0 radical (unpaired) electrons. The van der Waals surface area contributed by atoms with Crippen molar-refractivity contribution in [1.82, 2.24) is 4.98 Å². The lowest BCUT2D eigenvalue weighted by molar-refractivity contribution is -0.137. The van der Waals surface area contributed by atoms with Crippen LogP contribution in [0.2, 0.25) is 0 Å². The Kier molecular flexibility index (Phi) is 3.81.